The van der Waals surface area contributed by atoms with Crippen LogP contribution in [0.4, 0.5) is 19.0 Å². The Morgan fingerprint density at radius 1 is 1.13 bits per heavy atom. The Bertz CT molecular complexity index is 1740. The first kappa shape index (κ1) is 31.3. The van der Waals surface area contributed by atoms with Crippen LogP contribution in [0, 0.1) is 19.3 Å². The first-order chi connectivity index (χ1) is 21.9. The second kappa shape index (κ2) is 12.2. The summed E-state index contributed by atoms with van der Waals surface area (Å²) in [7, 11) is 1.48. The fourth-order valence-corrected chi connectivity index (χ4v) is 6.31. The van der Waals surface area contributed by atoms with Gasteiger partial charge in [-0.25, -0.2) is 14.6 Å². The maximum Gasteiger partial charge on any atom is 0.429 e. The van der Waals surface area contributed by atoms with Crippen molar-refractivity contribution in [2.24, 2.45) is 5.41 Å². The molecule has 0 bridgehead atoms. The summed E-state index contributed by atoms with van der Waals surface area (Å²) in [6, 6.07) is 10.6. The highest BCUT2D eigenvalue weighted by atomic mass is 19.4. The number of carboxylic acid groups (broad SMARTS) is 1. The first-order valence-electron chi connectivity index (χ1n) is 14.9. The lowest BCUT2D eigenvalue weighted by molar-refractivity contribution is -0.198. The molecule has 14 heteroatoms. The molecule has 242 valence electrons. The number of methoxy groups -OCH3 is 1. The number of rotatable bonds is 8. The van der Waals surface area contributed by atoms with E-state index >= 15 is 0 Å². The van der Waals surface area contributed by atoms with Crippen molar-refractivity contribution in [3.8, 4) is 28.6 Å². The number of aromatic nitrogens is 5. The number of aryl methyl sites for hydroxylation is 2. The number of halogens is 3. The Hall–Kier alpha value is -4.72. The number of nitrogens with one attached hydrogen (secondary N) is 1. The van der Waals surface area contributed by atoms with Crippen molar-refractivity contribution in [1.82, 2.24) is 30.0 Å². The third-order valence-electron chi connectivity index (χ3n) is 8.70. The summed E-state index contributed by atoms with van der Waals surface area (Å²) in [6.45, 7) is 5.13. The molecule has 1 aromatic carbocycles. The highest BCUT2D eigenvalue weighted by Gasteiger charge is 2.46. The number of benzene rings is 1. The molecule has 5 heterocycles. The van der Waals surface area contributed by atoms with Crippen LogP contribution in [0.1, 0.15) is 42.4 Å². The molecule has 0 saturated carbocycles. The molecule has 2 saturated heterocycles. The Labute approximate surface area is 263 Å². The smallest absolute Gasteiger partial charge is 0.429 e. The molecule has 3 aromatic heterocycles. The molecule has 6 rings (SSSR count). The molecule has 2 aliphatic rings. The topological polar surface area (TPSA) is 128 Å². The molecule has 0 aliphatic carbocycles. The quantitative estimate of drug-likeness (QED) is 0.271. The summed E-state index contributed by atoms with van der Waals surface area (Å²) in [5, 5.41) is 16.9. The van der Waals surface area contributed by atoms with Gasteiger partial charge in [-0.05, 0) is 68.4 Å². The van der Waals surface area contributed by atoms with Crippen molar-refractivity contribution in [2.75, 3.05) is 31.6 Å². The van der Waals surface area contributed by atoms with Gasteiger partial charge in [-0.2, -0.15) is 23.3 Å². The van der Waals surface area contributed by atoms with Crippen molar-refractivity contribution < 1.29 is 32.5 Å². The van der Waals surface area contributed by atoms with Gasteiger partial charge >= 0.3 is 12.1 Å². The number of carbonyl (C=O) groups is 1. The maximum atomic E-state index is 14.9. The lowest BCUT2D eigenvalue weighted by Crippen LogP contribution is -2.41. The SMILES string of the molecule is COc1ncccc1-c1ccc([C@@H](Oc2cc(N3CCC4(CC3)CN[C@H](C(=O)O)C4)nc(C)n2)C(F)(F)F)c(-n2ccc(C)n2)c1. The monoisotopic (exact) mass is 637 g/mol. The van der Waals surface area contributed by atoms with Crippen LogP contribution in [-0.4, -0.2) is 74.8 Å². The van der Waals surface area contributed by atoms with Crippen LogP contribution in [0.25, 0.3) is 16.8 Å². The van der Waals surface area contributed by atoms with E-state index in [9.17, 15) is 23.1 Å². The zero-order valence-corrected chi connectivity index (χ0v) is 25.6. The van der Waals surface area contributed by atoms with Gasteiger partial charge in [0.1, 0.15) is 17.7 Å². The lowest BCUT2D eigenvalue weighted by atomic mass is 9.76. The number of carboxylic acids is 1. The van der Waals surface area contributed by atoms with Gasteiger partial charge in [-0.3, -0.25) is 4.79 Å². The Morgan fingerprint density at radius 2 is 1.91 bits per heavy atom. The molecule has 4 aromatic rings. The third-order valence-corrected chi connectivity index (χ3v) is 8.70. The van der Waals surface area contributed by atoms with Crippen LogP contribution in [0.15, 0.2) is 54.9 Å². The van der Waals surface area contributed by atoms with Crippen LogP contribution in [0.3, 0.4) is 0 Å². The summed E-state index contributed by atoms with van der Waals surface area (Å²) >= 11 is 0. The van der Waals surface area contributed by atoms with Gasteiger partial charge in [0.15, 0.2) is 0 Å². The van der Waals surface area contributed by atoms with Gasteiger partial charge in [0.2, 0.25) is 17.9 Å². The average molecular weight is 638 g/mol. The zero-order chi connectivity index (χ0) is 32.6. The highest BCUT2D eigenvalue weighted by Crippen LogP contribution is 2.43. The molecular weight excluding hydrogens is 603 g/mol. The number of hydrogen-bond acceptors (Lipinski definition) is 9. The van der Waals surface area contributed by atoms with Crippen molar-refractivity contribution in [1.29, 1.82) is 0 Å². The second-order valence-electron chi connectivity index (χ2n) is 11.8. The maximum absolute atomic E-state index is 14.9. The summed E-state index contributed by atoms with van der Waals surface area (Å²) in [5.41, 5.74) is 1.73. The number of hydrogen-bond donors (Lipinski definition) is 2. The minimum atomic E-state index is -4.81. The van der Waals surface area contributed by atoms with E-state index in [4.69, 9.17) is 9.47 Å². The molecule has 2 fully saturated rings. The fraction of sp³-hybridized carbons (Fsp3) is 0.406. The van der Waals surface area contributed by atoms with Crippen molar-refractivity contribution in [3.63, 3.8) is 0 Å². The zero-order valence-electron chi connectivity index (χ0n) is 25.6. The number of nitrogens with zero attached hydrogens (tertiary/aromatic N) is 6. The molecular formula is C32H34F3N7O4. The number of pyridine rings is 1. The van der Waals surface area contributed by atoms with Crippen LogP contribution < -0.4 is 19.7 Å². The second-order valence-corrected chi connectivity index (χ2v) is 11.8. The van der Waals surface area contributed by atoms with Gasteiger partial charge in [0.25, 0.3) is 0 Å². The van der Waals surface area contributed by atoms with E-state index in [0.717, 1.165) is 12.8 Å². The Morgan fingerprint density at radius 3 is 2.57 bits per heavy atom. The lowest BCUT2D eigenvalue weighted by Gasteiger charge is -2.39. The first-order valence-corrected chi connectivity index (χ1v) is 14.9. The fourth-order valence-electron chi connectivity index (χ4n) is 6.31. The van der Waals surface area contributed by atoms with Gasteiger partial charge in [-0.15, -0.1) is 0 Å². The summed E-state index contributed by atoms with van der Waals surface area (Å²) in [6.07, 6.45) is -2.00. The van der Waals surface area contributed by atoms with Gasteiger partial charge in [-0.1, -0.05) is 12.1 Å². The number of anilines is 1. The molecule has 0 unspecified atom stereocenters. The van der Waals surface area contributed by atoms with Crippen molar-refractivity contribution in [2.45, 2.75) is 51.4 Å². The summed E-state index contributed by atoms with van der Waals surface area (Å²) < 4.78 is 57.1. The third kappa shape index (κ3) is 6.34. The molecule has 2 atom stereocenters. The normalized spacial score (nSPS) is 18.5. The van der Waals surface area contributed by atoms with E-state index in [-0.39, 0.29) is 28.4 Å². The van der Waals surface area contributed by atoms with E-state index in [0.29, 0.717) is 54.6 Å². The largest absolute Gasteiger partial charge is 0.481 e. The van der Waals surface area contributed by atoms with Crippen molar-refractivity contribution in [3.05, 3.63) is 71.9 Å². The molecule has 2 aliphatic heterocycles. The van der Waals surface area contributed by atoms with E-state index < -0.39 is 24.3 Å². The minimum Gasteiger partial charge on any atom is -0.481 e. The predicted octanol–water partition coefficient (Wildman–Crippen LogP) is 5.07. The Kier molecular flexibility index (Phi) is 8.32. The van der Waals surface area contributed by atoms with Crippen LogP contribution >= 0.6 is 0 Å². The summed E-state index contributed by atoms with van der Waals surface area (Å²) in [5.74, 6) is -0.00621. The van der Waals surface area contributed by atoms with E-state index in [1.54, 1.807) is 56.6 Å². The van der Waals surface area contributed by atoms with Crippen molar-refractivity contribution >= 4 is 11.8 Å². The predicted molar refractivity (Wildman–Crippen MR) is 162 cm³/mol. The van der Waals surface area contributed by atoms with E-state index in [2.05, 4.69) is 25.4 Å². The molecule has 0 amide bonds. The molecule has 11 nitrogen and oxygen atoms in total. The van der Waals surface area contributed by atoms with Gasteiger partial charge in [0.05, 0.1) is 18.5 Å². The summed E-state index contributed by atoms with van der Waals surface area (Å²) in [4.78, 5) is 26.4. The Balaban J connectivity index is 1.32. The van der Waals surface area contributed by atoms with Gasteiger partial charge in [0, 0.05) is 49.2 Å². The number of alkyl halides is 3. The molecule has 1 spiro atoms. The van der Waals surface area contributed by atoms with E-state index in [1.165, 1.54) is 23.9 Å². The van der Waals surface area contributed by atoms with Crippen LogP contribution in [0.5, 0.6) is 11.8 Å². The van der Waals surface area contributed by atoms with Gasteiger partial charge < -0.3 is 24.8 Å². The number of ether oxygens (including phenoxy) is 2. The van der Waals surface area contributed by atoms with E-state index in [1.807, 2.05) is 4.90 Å². The highest BCUT2D eigenvalue weighted by molar-refractivity contribution is 5.74. The molecule has 0 radical (unpaired) electrons. The minimum absolute atomic E-state index is 0.129. The molecule has 46 heavy (non-hydrogen) atoms. The number of piperidine rings is 1. The molecule has 2 N–H and O–H groups in total. The van der Waals surface area contributed by atoms with Crippen LogP contribution in [-0.2, 0) is 4.79 Å². The number of aliphatic carboxylic acids is 1. The van der Waals surface area contributed by atoms with Crippen LogP contribution in [0.2, 0.25) is 0 Å². The standard InChI is InChI=1S/C32H34F3N7O4/c1-19-8-12-42(40-19)25-15-21(22-5-4-11-36-29(22)45-3)6-7-23(25)28(32(33,34)35)46-27-16-26(38-20(2)39-27)41-13-9-31(10-14-41)17-24(30(43)44)37-18-31/h4-8,11-12,15-16,24,28,37H,9-10,13-14,17-18H2,1-3H3,(H,43,44)/t24-,28+/m0/s1. The average Bonchev–Trinajstić information content (AvgIpc) is 3.66.